The van der Waals surface area contributed by atoms with Gasteiger partial charge in [0.2, 0.25) is 15.9 Å². The van der Waals surface area contributed by atoms with Crippen molar-refractivity contribution in [2.75, 3.05) is 6.26 Å². The Labute approximate surface area is 129 Å². The number of nitrogens with one attached hydrogen (secondary N) is 1. The molecule has 3 rings (SSSR count). The molecule has 114 valence electrons. The van der Waals surface area contributed by atoms with Gasteiger partial charge in [0.05, 0.1) is 6.26 Å². The summed E-state index contributed by atoms with van der Waals surface area (Å²) < 4.78 is 36.1. The van der Waals surface area contributed by atoms with Crippen LogP contribution in [0.25, 0.3) is 0 Å². The fourth-order valence-electron chi connectivity index (χ4n) is 2.11. The molecule has 0 unspecified atom stereocenters. The molecule has 1 N–H and O–H groups in total. The molecule has 1 aliphatic rings. The van der Waals surface area contributed by atoms with Crippen molar-refractivity contribution < 1.29 is 17.9 Å². The first-order chi connectivity index (χ1) is 10.5. The van der Waals surface area contributed by atoms with E-state index in [4.69, 9.17) is 9.47 Å². The highest BCUT2D eigenvalue weighted by atomic mass is 32.2. The van der Waals surface area contributed by atoms with Crippen LogP contribution in [0.15, 0.2) is 60.5 Å². The number of fused-ring (bicyclic) bond motifs is 1. The van der Waals surface area contributed by atoms with E-state index in [-0.39, 0.29) is 5.88 Å². The van der Waals surface area contributed by atoms with Gasteiger partial charge in [-0.3, -0.25) is 4.72 Å². The second-order valence-corrected chi connectivity index (χ2v) is 6.68. The highest BCUT2D eigenvalue weighted by Crippen LogP contribution is 2.31. The maximum Gasteiger partial charge on any atom is 0.232 e. The van der Waals surface area contributed by atoms with E-state index < -0.39 is 10.0 Å². The van der Waals surface area contributed by atoms with E-state index in [1.807, 2.05) is 36.4 Å². The fourth-order valence-corrected chi connectivity index (χ4v) is 2.60. The van der Waals surface area contributed by atoms with Gasteiger partial charge in [0.1, 0.15) is 17.2 Å². The molecular formula is C16H15NO4S. The van der Waals surface area contributed by atoms with Gasteiger partial charge in [-0.15, -0.1) is 0 Å². The third-order valence-electron chi connectivity index (χ3n) is 3.02. The molecule has 0 saturated heterocycles. The van der Waals surface area contributed by atoms with Crippen LogP contribution >= 0.6 is 0 Å². The third kappa shape index (κ3) is 3.59. The number of hydrogen-bond donors (Lipinski definition) is 1. The van der Waals surface area contributed by atoms with Crippen molar-refractivity contribution in [1.29, 1.82) is 0 Å². The van der Waals surface area contributed by atoms with Gasteiger partial charge in [-0.05, 0) is 42.8 Å². The van der Waals surface area contributed by atoms with Crippen LogP contribution < -0.4 is 14.2 Å². The Kier molecular flexibility index (Phi) is 3.77. The summed E-state index contributed by atoms with van der Waals surface area (Å²) in [6.45, 7) is 0. The lowest BCUT2D eigenvalue weighted by Crippen LogP contribution is -2.26. The van der Waals surface area contributed by atoms with E-state index in [9.17, 15) is 8.42 Å². The second kappa shape index (κ2) is 5.73. The lowest BCUT2D eigenvalue weighted by atomic mass is 10.1. The molecule has 1 heterocycles. The van der Waals surface area contributed by atoms with Gasteiger partial charge in [-0.25, -0.2) is 8.42 Å². The molecule has 5 nitrogen and oxygen atoms in total. The molecule has 0 fully saturated rings. The largest absolute Gasteiger partial charge is 0.457 e. The number of allylic oxidation sites excluding steroid dienone is 1. The quantitative estimate of drug-likeness (QED) is 0.942. The van der Waals surface area contributed by atoms with Crippen molar-refractivity contribution >= 4 is 10.0 Å². The van der Waals surface area contributed by atoms with Gasteiger partial charge in [0, 0.05) is 5.56 Å². The zero-order chi connectivity index (χ0) is 15.6. The lowest BCUT2D eigenvalue weighted by Gasteiger charge is -2.19. The lowest BCUT2D eigenvalue weighted by molar-refractivity contribution is 0.387. The second-order valence-electron chi connectivity index (χ2n) is 4.93. The Morgan fingerprint density at radius 2 is 1.86 bits per heavy atom. The zero-order valence-electron chi connectivity index (χ0n) is 11.9. The number of sulfonamides is 1. The normalized spacial score (nSPS) is 13.6. The van der Waals surface area contributed by atoms with Crippen molar-refractivity contribution in [1.82, 2.24) is 4.72 Å². The number of benzene rings is 2. The van der Waals surface area contributed by atoms with Crippen LogP contribution in [0.2, 0.25) is 0 Å². The topological polar surface area (TPSA) is 64.6 Å². The van der Waals surface area contributed by atoms with Gasteiger partial charge >= 0.3 is 0 Å². The zero-order valence-corrected chi connectivity index (χ0v) is 12.8. The van der Waals surface area contributed by atoms with Crippen molar-refractivity contribution in [3.8, 4) is 17.2 Å². The molecule has 22 heavy (non-hydrogen) atoms. The predicted molar refractivity (Wildman–Crippen MR) is 83.4 cm³/mol. The molecule has 0 aliphatic carbocycles. The van der Waals surface area contributed by atoms with Gasteiger partial charge in [0.15, 0.2) is 0 Å². The summed E-state index contributed by atoms with van der Waals surface area (Å²) in [6, 6.07) is 14.9. The minimum absolute atomic E-state index is 0.228. The molecule has 0 amide bonds. The highest BCUT2D eigenvalue weighted by Gasteiger charge is 2.16. The van der Waals surface area contributed by atoms with Crippen molar-refractivity contribution in [2.24, 2.45) is 0 Å². The van der Waals surface area contributed by atoms with Crippen LogP contribution in [-0.4, -0.2) is 14.7 Å². The molecule has 0 radical (unpaired) electrons. The first-order valence-corrected chi connectivity index (χ1v) is 8.60. The van der Waals surface area contributed by atoms with Crippen LogP contribution in [0.1, 0.15) is 5.56 Å². The number of hydrogen-bond acceptors (Lipinski definition) is 4. The molecule has 0 atom stereocenters. The number of rotatable bonds is 4. The van der Waals surface area contributed by atoms with Crippen LogP contribution in [-0.2, 0) is 16.4 Å². The van der Waals surface area contributed by atoms with Gasteiger partial charge in [-0.1, -0.05) is 18.2 Å². The maximum absolute atomic E-state index is 11.2. The molecule has 0 saturated carbocycles. The first kappa shape index (κ1) is 14.5. The summed E-state index contributed by atoms with van der Waals surface area (Å²) in [5, 5.41) is 0. The SMILES string of the molecule is CS(=O)(=O)NC1=CCc2cc(Oc3ccccc3)ccc2O1. The van der Waals surface area contributed by atoms with E-state index in [1.165, 1.54) is 0 Å². The van der Waals surface area contributed by atoms with E-state index in [1.54, 1.807) is 18.2 Å². The summed E-state index contributed by atoms with van der Waals surface area (Å²) in [7, 11) is -3.34. The standard InChI is InChI=1S/C16H15NO4S/c1-22(18,19)17-16-10-7-12-11-14(8-9-15(12)21-16)20-13-5-3-2-4-6-13/h2-6,8-11,17H,7H2,1H3. The summed E-state index contributed by atoms with van der Waals surface area (Å²) >= 11 is 0. The fraction of sp³-hybridized carbons (Fsp3) is 0.125. The van der Waals surface area contributed by atoms with E-state index in [0.29, 0.717) is 17.9 Å². The molecule has 6 heteroatoms. The number of ether oxygens (including phenoxy) is 2. The Morgan fingerprint density at radius 3 is 2.59 bits per heavy atom. The molecule has 1 aliphatic heterocycles. The molecule has 0 bridgehead atoms. The van der Waals surface area contributed by atoms with Gasteiger partial charge in [-0.2, -0.15) is 0 Å². The average Bonchev–Trinajstić information content (AvgIpc) is 2.47. The first-order valence-electron chi connectivity index (χ1n) is 6.71. The molecule has 0 aromatic heterocycles. The summed E-state index contributed by atoms with van der Waals surface area (Å²) in [6.07, 6.45) is 3.35. The predicted octanol–water partition coefficient (Wildman–Crippen LogP) is 2.80. The molecule has 0 spiro atoms. The Hall–Kier alpha value is -2.47. The average molecular weight is 317 g/mol. The third-order valence-corrected chi connectivity index (χ3v) is 3.60. The smallest absolute Gasteiger partial charge is 0.232 e. The Bertz CT molecular complexity index is 813. The van der Waals surface area contributed by atoms with Crippen molar-refractivity contribution in [3.05, 3.63) is 66.1 Å². The van der Waals surface area contributed by atoms with Crippen LogP contribution in [0.4, 0.5) is 0 Å². The van der Waals surface area contributed by atoms with Gasteiger partial charge in [0.25, 0.3) is 0 Å². The molecule has 2 aromatic rings. The van der Waals surface area contributed by atoms with Crippen LogP contribution in [0.3, 0.4) is 0 Å². The number of para-hydroxylation sites is 1. The highest BCUT2D eigenvalue weighted by molar-refractivity contribution is 7.88. The molecular weight excluding hydrogens is 302 g/mol. The Balaban J connectivity index is 1.76. The minimum Gasteiger partial charge on any atom is -0.457 e. The summed E-state index contributed by atoms with van der Waals surface area (Å²) in [5.74, 6) is 2.32. The summed E-state index contributed by atoms with van der Waals surface area (Å²) in [5.41, 5.74) is 0.937. The van der Waals surface area contributed by atoms with Crippen molar-refractivity contribution in [3.63, 3.8) is 0 Å². The Morgan fingerprint density at radius 1 is 1.09 bits per heavy atom. The van der Waals surface area contributed by atoms with Crippen molar-refractivity contribution in [2.45, 2.75) is 6.42 Å². The van der Waals surface area contributed by atoms with Gasteiger partial charge < -0.3 is 9.47 Å². The van der Waals surface area contributed by atoms with E-state index >= 15 is 0 Å². The summed E-state index contributed by atoms with van der Waals surface area (Å²) in [4.78, 5) is 0. The minimum atomic E-state index is -3.34. The maximum atomic E-state index is 11.2. The van der Waals surface area contributed by atoms with Crippen LogP contribution in [0, 0.1) is 0 Å². The van der Waals surface area contributed by atoms with Crippen LogP contribution in [0.5, 0.6) is 17.2 Å². The van der Waals surface area contributed by atoms with E-state index in [0.717, 1.165) is 17.6 Å². The monoisotopic (exact) mass is 317 g/mol. The molecule has 2 aromatic carbocycles. The van der Waals surface area contributed by atoms with E-state index in [2.05, 4.69) is 4.72 Å².